The van der Waals surface area contributed by atoms with Crippen LogP contribution < -0.4 is 0 Å². The summed E-state index contributed by atoms with van der Waals surface area (Å²) >= 11 is 0. The van der Waals surface area contributed by atoms with Crippen LogP contribution in [0, 0.1) is 18.3 Å². The topological polar surface area (TPSA) is 28.7 Å². The predicted octanol–water partition coefficient (Wildman–Crippen LogP) is 6.00. The van der Waals surface area contributed by atoms with E-state index in [1.54, 1.807) is 0 Å². The van der Waals surface area contributed by atoms with Crippen molar-refractivity contribution in [2.24, 2.45) is 0 Å². The van der Waals surface area contributed by atoms with Crippen LogP contribution in [0.4, 0.5) is 0 Å². The van der Waals surface area contributed by atoms with E-state index in [4.69, 9.17) is 0 Å². The standard InChI is InChI=1S/C24H18N2/c1-18-7-2-5-11-24(18)26-14-6-10-23(26)16-22(17-25)21-13-12-19-8-3-4-9-20(19)15-21/h2-16H,1H3/b22-16-. The molecule has 0 N–H and O–H groups in total. The molecule has 0 unspecified atom stereocenters. The molecule has 4 rings (SSSR count). The third-order valence-electron chi connectivity index (χ3n) is 4.63. The lowest BCUT2D eigenvalue weighted by Crippen LogP contribution is -1.97. The first-order valence-electron chi connectivity index (χ1n) is 8.60. The zero-order valence-electron chi connectivity index (χ0n) is 14.6. The van der Waals surface area contributed by atoms with Crippen LogP contribution in [0.3, 0.4) is 0 Å². The molecule has 124 valence electrons. The first-order valence-corrected chi connectivity index (χ1v) is 8.60. The van der Waals surface area contributed by atoms with E-state index >= 15 is 0 Å². The normalized spacial score (nSPS) is 11.5. The van der Waals surface area contributed by atoms with Gasteiger partial charge in [0.05, 0.1) is 11.6 Å². The van der Waals surface area contributed by atoms with E-state index in [-0.39, 0.29) is 0 Å². The molecule has 2 nitrogen and oxygen atoms in total. The first kappa shape index (κ1) is 15.9. The molecule has 0 bridgehead atoms. The minimum absolute atomic E-state index is 0.657. The Morgan fingerprint density at radius 2 is 1.65 bits per heavy atom. The zero-order chi connectivity index (χ0) is 17.9. The van der Waals surface area contributed by atoms with Gasteiger partial charge in [0, 0.05) is 17.6 Å². The third-order valence-corrected chi connectivity index (χ3v) is 4.63. The van der Waals surface area contributed by atoms with Crippen molar-refractivity contribution in [3.63, 3.8) is 0 Å². The molecular formula is C24H18N2. The molecule has 0 fully saturated rings. The van der Waals surface area contributed by atoms with E-state index in [1.165, 1.54) is 10.9 Å². The first-order chi connectivity index (χ1) is 12.8. The van der Waals surface area contributed by atoms with Gasteiger partial charge in [0.25, 0.3) is 0 Å². The van der Waals surface area contributed by atoms with E-state index in [0.717, 1.165) is 22.3 Å². The van der Waals surface area contributed by atoms with Gasteiger partial charge < -0.3 is 4.57 Å². The number of rotatable bonds is 3. The van der Waals surface area contributed by atoms with Gasteiger partial charge >= 0.3 is 0 Å². The molecule has 0 radical (unpaired) electrons. The molecule has 0 spiro atoms. The molecule has 26 heavy (non-hydrogen) atoms. The third kappa shape index (κ3) is 2.92. The van der Waals surface area contributed by atoms with Crippen LogP contribution >= 0.6 is 0 Å². The number of aromatic nitrogens is 1. The Balaban J connectivity index is 1.81. The van der Waals surface area contributed by atoms with Gasteiger partial charge in [0.1, 0.15) is 0 Å². The van der Waals surface area contributed by atoms with E-state index in [9.17, 15) is 5.26 Å². The van der Waals surface area contributed by atoms with Gasteiger partial charge in [-0.05, 0) is 59.2 Å². The van der Waals surface area contributed by atoms with Crippen molar-refractivity contribution in [1.82, 2.24) is 4.57 Å². The molecule has 0 aliphatic carbocycles. The second-order valence-electron chi connectivity index (χ2n) is 6.32. The van der Waals surface area contributed by atoms with E-state index in [0.29, 0.717) is 5.57 Å². The molecule has 0 saturated carbocycles. The Morgan fingerprint density at radius 1 is 0.885 bits per heavy atom. The van der Waals surface area contributed by atoms with Crippen molar-refractivity contribution in [2.45, 2.75) is 6.92 Å². The summed E-state index contributed by atoms with van der Waals surface area (Å²) in [5, 5.41) is 12.1. The maximum atomic E-state index is 9.74. The van der Waals surface area contributed by atoms with Crippen LogP contribution in [-0.2, 0) is 0 Å². The van der Waals surface area contributed by atoms with Crippen molar-refractivity contribution in [3.8, 4) is 11.8 Å². The number of nitriles is 1. The molecule has 0 aliphatic rings. The molecule has 0 aliphatic heterocycles. The number of aryl methyl sites for hydroxylation is 1. The van der Waals surface area contributed by atoms with E-state index in [1.807, 2.05) is 54.7 Å². The summed E-state index contributed by atoms with van der Waals surface area (Å²) in [5.41, 5.74) is 4.90. The molecule has 1 heterocycles. The summed E-state index contributed by atoms with van der Waals surface area (Å²) in [4.78, 5) is 0. The lowest BCUT2D eigenvalue weighted by molar-refractivity contribution is 1.04. The van der Waals surface area contributed by atoms with Crippen LogP contribution in [0.2, 0.25) is 0 Å². The van der Waals surface area contributed by atoms with Gasteiger partial charge in [-0.2, -0.15) is 5.26 Å². The number of hydrogen-bond donors (Lipinski definition) is 0. The summed E-state index contributed by atoms with van der Waals surface area (Å²) in [6.45, 7) is 2.09. The van der Waals surface area contributed by atoms with Gasteiger partial charge in [-0.3, -0.25) is 0 Å². The van der Waals surface area contributed by atoms with Crippen LogP contribution in [-0.4, -0.2) is 4.57 Å². The average Bonchev–Trinajstić information content (AvgIpc) is 3.14. The second-order valence-corrected chi connectivity index (χ2v) is 6.32. The number of para-hydroxylation sites is 1. The number of nitrogens with zero attached hydrogens (tertiary/aromatic N) is 2. The molecule has 0 amide bonds. The van der Waals surface area contributed by atoms with Crippen molar-refractivity contribution in [1.29, 1.82) is 5.26 Å². The highest BCUT2D eigenvalue weighted by Crippen LogP contribution is 2.24. The van der Waals surface area contributed by atoms with Gasteiger partial charge in [0.15, 0.2) is 0 Å². The molecule has 2 heteroatoms. The van der Waals surface area contributed by atoms with Crippen LogP contribution in [0.15, 0.2) is 85.1 Å². The highest BCUT2D eigenvalue weighted by Gasteiger charge is 2.07. The Bertz CT molecular complexity index is 1160. The Kier molecular flexibility index (Phi) is 4.13. The number of allylic oxidation sites excluding steroid dienone is 1. The summed E-state index contributed by atoms with van der Waals surface area (Å²) in [6, 6.07) is 29.0. The predicted molar refractivity (Wildman–Crippen MR) is 108 cm³/mol. The van der Waals surface area contributed by atoms with Crippen molar-refractivity contribution >= 4 is 22.4 Å². The second kappa shape index (κ2) is 6.74. The van der Waals surface area contributed by atoms with Gasteiger partial charge in [-0.1, -0.05) is 54.6 Å². The minimum Gasteiger partial charge on any atom is -0.317 e. The Labute approximate surface area is 153 Å². The Morgan fingerprint density at radius 3 is 2.46 bits per heavy atom. The molecule has 1 aromatic heterocycles. The van der Waals surface area contributed by atoms with Crippen LogP contribution in [0.1, 0.15) is 16.8 Å². The minimum atomic E-state index is 0.657. The largest absolute Gasteiger partial charge is 0.317 e. The lowest BCUT2D eigenvalue weighted by atomic mass is 10.0. The average molecular weight is 334 g/mol. The SMILES string of the molecule is Cc1ccccc1-n1cccc1/C=C(/C#N)c1ccc2ccccc2c1. The fourth-order valence-corrected chi connectivity index (χ4v) is 3.25. The summed E-state index contributed by atoms with van der Waals surface area (Å²) < 4.78 is 2.12. The van der Waals surface area contributed by atoms with E-state index in [2.05, 4.69) is 54.0 Å². The lowest BCUT2D eigenvalue weighted by Gasteiger charge is -2.10. The fourth-order valence-electron chi connectivity index (χ4n) is 3.25. The monoisotopic (exact) mass is 334 g/mol. The quantitative estimate of drug-likeness (QED) is 0.422. The van der Waals surface area contributed by atoms with Gasteiger partial charge in [0.2, 0.25) is 0 Å². The van der Waals surface area contributed by atoms with Crippen LogP contribution in [0.25, 0.3) is 28.1 Å². The molecule has 4 aromatic rings. The maximum Gasteiger partial charge on any atom is 0.0998 e. The summed E-state index contributed by atoms with van der Waals surface area (Å²) in [6.07, 6.45) is 3.99. The highest BCUT2D eigenvalue weighted by atomic mass is 15.0. The van der Waals surface area contributed by atoms with Crippen molar-refractivity contribution < 1.29 is 0 Å². The maximum absolute atomic E-state index is 9.74. The van der Waals surface area contributed by atoms with Gasteiger partial charge in [-0.15, -0.1) is 0 Å². The van der Waals surface area contributed by atoms with Crippen molar-refractivity contribution in [2.75, 3.05) is 0 Å². The van der Waals surface area contributed by atoms with Gasteiger partial charge in [-0.25, -0.2) is 0 Å². The van der Waals surface area contributed by atoms with Crippen LogP contribution in [0.5, 0.6) is 0 Å². The smallest absolute Gasteiger partial charge is 0.0998 e. The number of benzene rings is 3. The van der Waals surface area contributed by atoms with E-state index < -0.39 is 0 Å². The number of hydrogen-bond acceptors (Lipinski definition) is 1. The zero-order valence-corrected chi connectivity index (χ0v) is 14.6. The highest BCUT2D eigenvalue weighted by molar-refractivity contribution is 5.94. The summed E-state index contributed by atoms with van der Waals surface area (Å²) in [5.74, 6) is 0. The molecular weight excluding hydrogens is 316 g/mol. The summed E-state index contributed by atoms with van der Waals surface area (Å²) in [7, 11) is 0. The Hall–Kier alpha value is -3.57. The number of fused-ring (bicyclic) bond motifs is 1. The fraction of sp³-hybridized carbons (Fsp3) is 0.0417. The van der Waals surface area contributed by atoms with Crippen molar-refractivity contribution in [3.05, 3.63) is 102 Å². The molecule has 0 saturated heterocycles. The molecule has 0 atom stereocenters. The molecule has 3 aromatic carbocycles.